The zero-order chi connectivity index (χ0) is 15.7. The van der Waals surface area contributed by atoms with Crippen molar-refractivity contribution >= 4 is 11.9 Å². The van der Waals surface area contributed by atoms with Gasteiger partial charge in [0.1, 0.15) is 0 Å². The number of esters is 2. The number of rotatable bonds is 9. The van der Waals surface area contributed by atoms with E-state index in [1.54, 1.807) is 13.8 Å². The molecule has 0 aliphatic rings. The van der Waals surface area contributed by atoms with Gasteiger partial charge in [0.15, 0.2) is 24.8 Å². The van der Waals surface area contributed by atoms with Crippen molar-refractivity contribution in [3.63, 3.8) is 0 Å². The molecule has 0 spiro atoms. The highest BCUT2D eigenvalue weighted by Gasteiger charge is 2.40. The lowest BCUT2D eigenvalue weighted by atomic mass is 10.2. The van der Waals surface area contributed by atoms with E-state index in [1.165, 1.54) is 28.4 Å². The van der Waals surface area contributed by atoms with E-state index in [9.17, 15) is 9.59 Å². The van der Waals surface area contributed by atoms with E-state index in [4.69, 9.17) is 18.9 Å². The second kappa shape index (κ2) is 9.65. The van der Waals surface area contributed by atoms with Crippen LogP contribution in [0.4, 0.5) is 0 Å². The Hall–Kier alpha value is -1.22. The molecule has 8 nitrogen and oxygen atoms in total. The number of methoxy groups -OCH3 is 4. The number of ether oxygens (including phenoxy) is 6. The van der Waals surface area contributed by atoms with Crippen LogP contribution in [0.5, 0.6) is 0 Å². The van der Waals surface area contributed by atoms with Gasteiger partial charge >= 0.3 is 11.9 Å². The van der Waals surface area contributed by atoms with Crippen LogP contribution in [0.3, 0.4) is 0 Å². The van der Waals surface area contributed by atoms with Crippen molar-refractivity contribution in [1.82, 2.24) is 0 Å². The van der Waals surface area contributed by atoms with Crippen LogP contribution in [0.25, 0.3) is 0 Å². The molecule has 0 rings (SSSR count). The summed E-state index contributed by atoms with van der Waals surface area (Å²) in [6, 6.07) is 0. The first-order chi connectivity index (χ1) is 9.40. The van der Waals surface area contributed by atoms with E-state index < -0.39 is 36.7 Å². The van der Waals surface area contributed by atoms with Crippen molar-refractivity contribution in [2.45, 2.75) is 38.6 Å². The van der Waals surface area contributed by atoms with E-state index in [2.05, 4.69) is 9.47 Å². The van der Waals surface area contributed by atoms with Gasteiger partial charge < -0.3 is 28.4 Å². The molecule has 0 aromatic carbocycles. The predicted molar refractivity (Wildman–Crippen MR) is 66.7 cm³/mol. The molecule has 0 saturated heterocycles. The smallest absolute Gasteiger partial charge is 0.338 e. The molecule has 0 radical (unpaired) electrons. The molecule has 20 heavy (non-hydrogen) atoms. The highest BCUT2D eigenvalue weighted by atomic mass is 16.7. The lowest BCUT2D eigenvalue weighted by Crippen LogP contribution is -2.48. The SMILES string of the molecule is COC(=O)C(OC(C)OC)C(OC(C)OC)C(=O)OC. The van der Waals surface area contributed by atoms with Crippen LogP contribution in [0.2, 0.25) is 0 Å². The van der Waals surface area contributed by atoms with Gasteiger partial charge in [-0.3, -0.25) is 0 Å². The molecule has 0 N–H and O–H groups in total. The third-order valence-electron chi connectivity index (χ3n) is 2.48. The van der Waals surface area contributed by atoms with E-state index in [0.29, 0.717) is 0 Å². The molecule has 0 heterocycles. The van der Waals surface area contributed by atoms with Crippen LogP contribution in [0.1, 0.15) is 13.8 Å². The van der Waals surface area contributed by atoms with Gasteiger partial charge in [-0.2, -0.15) is 0 Å². The molecule has 0 aromatic rings. The zero-order valence-corrected chi connectivity index (χ0v) is 12.6. The number of hydrogen-bond donors (Lipinski definition) is 0. The van der Waals surface area contributed by atoms with Crippen molar-refractivity contribution in [3.05, 3.63) is 0 Å². The Balaban J connectivity index is 5.16. The second-order valence-electron chi connectivity index (χ2n) is 3.77. The van der Waals surface area contributed by atoms with Crippen LogP contribution < -0.4 is 0 Å². The Morgan fingerprint density at radius 2 is 1.00 bits per heavy atom. The summed E-state index contributed by atoms with van der Waals surface area (Å²) in [7, 11) is 5.13. The van der Waals surface area contributed by atoms with Crippen molar-refractivity contribution in [3.8, 4) is 0 Å². The minimum absolute atomic E-state index is 0.743. The lowest BCUT2D eigenvalue weighted by Gasteiger charge is -2.27. The Morgan fingerprint density at radius 1 is 0.700 bits per heavy atom. The summed E-state index contributed by atoms with van der Waals surface area (Å²) >= 11 is 0. The molecule has 4 unspecified atom stereocenters. The summed E-state index contributed by atoms with van der Waals surface area (Å²) in [5.41, 5.74) is 0. The maximum absolute atomic E-state index is 11.8. The molecule has 0 aliphatic heterocycles. The lowest BCUT2D eigenvalue weighted by molar-refractivity contribution is -0.229. The fourth-order valence-corrected chi connectivity index (χ4v) is 1.26. The minimum atomic E-state index is -1.33. The molecule has 118 valence electrons. The summed E-state index contributed by atoms with van der Waals surface area (Å²) < 4.78 is 29.6. The first-order valence-corrected chi connectivity index (χ1v) is 5.93. The van der Waals surface area contributed by atoms with Gasteiger partial charge in [-0.1, -0.05) is 0 Å². The summed E-state index contributed by atoms with van der Waals surface area (Å²) in [4.78, 5) is 23.5. The van der Waals surface area contributed by atoms with Gasteiger partial charge in [0.05, 0.1) is 14.2 Å². The summed E-state index contributed by atoms with van der Waals surface area (Å²) in [6.45, 7) is 3.12. The zero-order valence-electron chi connectivity index (χ0n) is 12.6. The topological polar surface area (TPSA) is 89.5 Å². The first-order valence-electron chi connectivity index (χ1n) is 5.93. The third-order valence-corrected chi connectivity index (χ3v) is 2.48. The highest BCUT2D eigenvalue weighted by Crippen LogP contribution is 2.14. The van der Waals surface area contributed by atoms with Gasteiger partial charge in [0, 0.05) is 14.2 Å². The van der Waals surface area contributed by atoms with Crippen LogP contribution in [0, 0.1) is 0 Å². The van der Waals surface area contributed by atoms with Crippen molar-refractivity contribution < 1.29 is 38.0 Å². The Kier molecular flexibility index (Phi) is 9.06. The average Bonchev–Trinajstić information content (AvgIpc) is 2.48. The van der Waals surface area contributed by atoms with E-state index in [0.717, 1.165) is 0 Å². The van der Waals surface area contributed by atoms with Crippen LogP contribution in [-0.2, 0) is 38.0 Å². The molecule has 0 bridgehead atoms. The van der Waals surface area contributed by atoms with Gasteiger partial charge in [0.2, 0.25) is 0 Å². The second-order valence-corrected chi connectivity index (χ2v) is 3.77. The van der Waals surface area contributed by atoms with Gasteiger partial charge in [-0.15, -0.1) is 0 Å². The molecule has 0 aromatic heterocycles. The Bertz CT molecular complexity index is 276. The molecule has 0 saturated carbocycles. The standard InChI is InChI=1S/C12H22O8/c1-7(15-3)19-9(11(13)17-5)10(12(14)18-6)20-8(2)16-4/h7-10H,1-6H3. The molecule has 0 amide bonds. The molecule has 0 fully saturated rings. The molecule has 8 heteroatoms. The summed E-state index contributed by atoms with van der Waals surface area (Å²) in [5.74, 6) is -1.57. The predicted octanol–water partition coefficient (Wildman–Crippen LogP) is 0.0876. The van der Waals surface area contributed by atoms with Crippen LogP contribution in [0.15, 0.2) is 0 Å². The molecular formula is C12H22O8. The molecule has 0 aliphatic carbocycles. The minimum Gasteiger partial charge on any atom is -0.467 e. The van der Waals surface area contributed by atoms with Crippen LogP contribution >= 0.6 is 0 Å². The van der Waals surface area contributed by atoms with E-state index >= 15 is 0 Å². The average molecular weight is 294 g/mol. The highest BCUT2D eigenvalue weighted by molar-refractivity contribution is 5.85. The number of carbonyl (C=O) groups is 2. The third kappa shape index (κ3) is 5.83. The molecular weight excluding hydrogens is 272 g/mol. The summed E-state index contributed by atoms with van der Waals surface area (Å²) in [6.07, 6.45) is -4.15. The van der Waals surface area contributed by atoms with Gasteiger partial charge in [-0.25, -0.2) is 9.59 Å². The quantitative estimate of drug-likeness (QED) is 0.436. The normalized spacial score (nSPS) is 16.9. The van der Waals surface area contributed by atoms with Gasteiger partial charge in [-0.05, 0) is 13.8 Å². The maximum Gasteiger partial charge on any atom is 0.338 e. The van der Waals surface area contributed by atoms with E-state index in [-0.39, 0.29) is 0 Å². The first kappa shape index (κ1) is 18.8. The number of carbonyl (C=O) groups excluding carboxylic acids is 2. The fourth-order valence-electron chi connectivity index (χ4n) is 1.26. The largest absolute Gasteiger partial charge is 0.467 e. The Labute approximate surface area is 118 Å². The van der Waals surface area contributed by atoms with E-state index in [1.807, 2.05) is 0 Å². The van der Waals surface area contributed by atoms with Gasteiger partial charge in [0.25, 0.3) is 0 Å². The van der Waals surface area contributed by atoms with Crippen LogP contribution in [-0.4, -0.2) is 65.2 Å². The van der Waals surface area contributed by atoms with Crippen molar-refractivity contribution in [2.75, 3.05) is 28.4 Å². The number of hydrogen-bond acceptors (Lipinski definition) is 8. The van der Waals surface area contributed by atoms with Crippen molar-refractivity contribution in [1.29, 1.82) is 0 Å². The monoisotopic (exact) mass is 294 g/mol. The fraction of sp³-hybridized carbons (Fsp3) is 0.833. The maximum atomic E-state index is 11.8. The summed E-state index contributed by atoms with van der Waals surface area (Å²) in [5, 5.41) is 0. The molecule has 4 atom stereocenters. The Morgan fingerprint density at radius 3 is 1.20 bits per heavy atom. The van der Waals surface area contributed by atoms with Crippen molar-refractivity contribution in [2.24, 2.45) is 0 Å².